The number of morpholine rings is 1. The van der Waals surface area contributed by atoms with Crippen LogP contribution in [0.2, 0.25) is 0 Å². The summed E-state index contributed by atoms with van der Waals surface area (Å²) >= 11 is 0. The van der Waals surface area contributed by atoms with Crippen molar-refractivity contribution in [1.29, 1.82) is 0 Å². The van der Waals surface area contributed by atoms with E-state index in [1.807, 2.05) is 6.92 Å². The predicted molar refractivity (Wildman–Crippen MR) is 120 cm³/mol. The molecular weight excluding hydrogens is 479 g/mol. The van der Waals surface area contributed by atoms with Crippen LogP contribution in [0.1, 0.15) is 19.8 Å². The molecule has 0 aliphatic carbocycles. The van der Waals surface area contributed by atoms with E-state index in [0.717, 1.165) is 63.8 Å². The minimum absolute atomic E-state index is 0. The molecule has 27 heavy (non-hydrogen) atoms. The van der Waals surface area contributed by atoms with Crippen LogP contribution in [-0.4, -0.2) is 94.2 Å². The molecule has 9 heteroatoms. The van der Waals surface area contributed by atoms with Gasteiger partial charge in [0.05, 0.1) is 31.3 Å². The van der Waals surface area contributed by atoms with Crippen LogP contribution in [0.4, 0.5) is 0 Å². The van der Waals surface area contributed by atoms with Crippen LogP contribution in [0.25, 0.3) is 0 Å². The van der Waals surface area contributed by atoms with E-state index in [4.69, 9.17) is 9.73 Å². The molecule has 3 rings (SSSR count). The van der Waals surface area contributed by atoms with Crippen molar-refractivity contribution in [2.45, 2.75) is 25.8 Å². The van der Waals surface area contributed by atoms with Crippen LogP contribution >= 0.6 is 24.0 Å². The Morgan fingerprint density at radius 2 is 2.00 bits per heavy atom. The van der Waals surface area contributed by atoms with Gasteiger partial charge in [0.15, 0.2) is 15.8 Å². The van der Waals surface area contributed by atoms with Crippen molar-refractivity contribution in [2.24, 2.45) is 10.9 Å². The molecule has 156 valence electrons. The van der Waals surface area contributed by atoms with Crippen molar-refractivity contribution in [3.05, 3.63) is 12.2 Å². The van der Waals surface area contributed by atoms with Gasteiger partial charge in [0, 0.05) is 38.8 Å². The normalized spacial score (nSPS) is 28.8. The lowest BCUT2D eigenvalue weighted by Gasteiger charge is -2.32. The quantitative estimate of drug-likeness (QED) is 0.256. The Morgan fingerprint density at radius 1 is 1.26 bits per heavy atom. The van der Waals surface area contributed by atoms with Crippen molar-refractivity contribution >= 4 is 39.8 Å². The zero-order valence-corrected chi connectivity index (χ0v) is 19.4. The molecular formula is C18H33IN4O3S. The second kappa shape index (κ2) is 10.4. The predicted octanol–water partition coefficient (Wildman–Crippen LogP) is 0.967. The number of hydrogen-bond acceptors (Lipinski definition) is 5. The van der Waals surface area contributed by atoms with E-state index in [0.29, 0.717) is 30.6 Å². The van der Waals surface area contributed by atoms with Gasteiger partial charge in [-0.1, -0.05) is 12.2 Å². The van der Waals surface area contributed by atoms with E-state index in [9.17, 15) is 8.42 Å². The number of aliphatic imine (C=N–C) groups is 1. The summed E-state index contributed by atoms with van der Waals surface area (Å²) in [6.07, 6.45) is 1.88. The molecule has 3 aliphatic rings. The molecule has 0 amide bonds. The van der Waals surface area contributed by atoms with Gasteiger partial charge in [0.1, 0.15) is 0 Å². The average molecular weight is 512 g/mol. The molecule has 0 aromatic carbocycles. The Bertz CT molecular complexity index is 635. The number of sulfone groups is 1. The maximum absolute atomic E-state index is 11.7. The van der Waals surface area contributed by atoms with E-state index >= 15 is 0 Å². The first-order valence-corrected chi connectivity index (χ1v) is 11.4. The largest absolute Gasteiger partial charge is 0.379 e. The molecule has 2 atom stereocenters. The SMILES string of the molecule is C=C(C)CN=C(NCC1CCS(=O)(=O)C1)N1CCC(N2CCOCC2)C1.I. The molecule has 0 aromatic heterocycles. The molecule has 0 bridgehead atoms. The summed E-state index contributed by atoms with van der Waals surface area (Å²) in [5.74, 6) is 1.70. The van der Waals surface area contributed by atoms with E-state index in [1.54, 1.807) is 0 Å². The molecule has 3 saturated heterocycles. The number of guanidine groups is 1. The van der Waals surface area contributed by atoms with Crippen LogP contribution < -0.4 is 5.32 Å². The van der Waals surface area contributed by atoms with E-state index < -0.39 is 9.84 Å². The lowest BCUT2D eigenvalue weighted by Crippen LogP contribution is -2.47. The third-order valence-corrected chi connectivity index (χ3v) is 7.24. The number of hydrogen-bond donors (Lipinski definition) is 1. The molecule has 1 N–H and O–H groups in total. The van der Waals surface area contributed by atoms with Crippen molar-refractivity contribution in [3.8, 4) is 0 Å². The molecule has 3 fully saturated rings. The minimum atomic E-state index is -2.84. The van der Waals surface area contributed by atoms with Gasteiger partial charge in [0.2, 0.25) is 0 Å². The van der Waals surface area contributed by atoms with Crippen molar-refractivity contribution in [3.63, 3.8) is 0 Å². The molecule has 2 unspecified atom stereocenters. The Labute approximate surface area is 180 Å². The smallest absolute Gasteiger partial charge is 0.194 e. The van der Waals surface area contributed by atoms with Crippen molar-refractivity contribution in [2.75, 3.05) is 64.0 Å². The summed E-state index contributed by atoms with van der Waals surface area (Å²) < 4.78 is 28.8. The monoisotopic (exact) mass is 512 g/mol. The summed E-state index contributed by atoms with van der Waals surface area (Å²) in [7, 11) is -2.84. The van der Waals surface area contributed by atoms with Gasteiger partial charge in [-0.2, -0.15) is 0 Å². The van der Waals surface area contributed by atoms with Crippen LogP contribution in [0.15, 0.2) is 17.1 Å². The van der Waals surface area contributed by atoms with Crippen LogP contribution in [-0.2, 0) is 14.6 Å². The number of ether oxygens (including phenoxy) is 1. The summed E-state index contributed by atoms with van der Waals surface area (Å²) in [5.41, 5.74) is 1.02. The standard InChI is InChI=1S/C18H32N4O3S.HI/c1-15(2)11-19-18(20-12-16-4-10-26(23,24)14-16)22-5-3-17(13-22)21-6-8-25-9-7-21;/h16-17H,1,3-14H2,2H3,(H,19,20);1H. The zero-order chi connectivity index (χ0) is 18.6. The Hall–Kier alpha value is -0.390. The van der Waals surface area contributed by atoms with Gasteiger partial charge >= 0.3 is 0 Å². The second-order valence-corrected chi connectivity index (χ2v) is 10.0. The Morgan fingerprint density at radius 3 is 2.63 bits per heavy atom. The first-order valence-electron chi connectivity index (χ1n) is 9.63. The van der Waals surface area contributed by atoms with E-state index in [-0.39, 0.29) is 29.9 Å². The first-order chi connectivity index (χ1) is 12.4. The molecule has 3 heterocycles. The molecule has 3 aliphatic heterocycles. The fraction of sp³-hybridized carbons (Fsp3) is 0.833. The van der Waals surface area contributed by atoms with E-state index in [2.05, 4.69) is 21.7 Å². The first kappa shape index (κ1) is 22.9. The molecule has 0 radical (unpaired) electrons. The summed E-state index contributed by atoms with van der Waals surface area (Å²) in [6.45, 7) is 12.8. The zero-order valence-electron chi connectivity index (χ0n) is 16.2. The third kappa shape index (κ3) is 6.86. The summed E-state index contributed by atoms with van der Waals surface area (Å²) in [5, 5.41) is 3.45. The number of nitrogens with zero attached hydrogens (tertiary/aromatic N) is 3. The topological polar surface area (TPSA) is 74.2 Å². The summed E-state index contributed by atoms with van der Waals surface area (Å²) in [4.78, 5) is 9.55. The van der Waals surface area contributed by atoms with Crippen molar-refractivity contribution < 1.29 is 13.2 Å². The lowest BCUT2D eigenvalue weighted by molar-refractivity contribution is 0.0195. The molecule has 0 spiro atoms. The molecule has 0 aromatic rings. The number of halogens is 1. The van der Waals surface area contributed by atoms with Gasteiger partial charge in [-0.15, -0.1) is 24.0 Å². The number of likely N-dealkylation sites (tertiary alicyclic amines) is 1. The maximum Gasteiger partial charge on any atom is 0.194 e. The minimum Gasteiger partial charge on any atom is -0.379 e. The highest BCUT2D eigenvalue weighted by atomic mass is 127. The molecule has 0 saturated carbocycles. The second-order valence-electron chi connectivity index (χ2n) is 7.78. The maximum atomic E-state index is 11.7. The molecule has 7 nitrogen and oxygen atoms in total. The Kier molecular flexibility index (Phi) is 8.82. The average Bonchev–Trinajstić information content (AvgIpc) is 3.22. The number of rotatable bonds is 5. The van der Waals surface area contributed by atoms with Gasteiger partial charge in [-0.05, 0) is 25.7 Å². The van der Waals surface area contributed by atoms with Gasteiger partial charge in [0.25, 0.3) is 0 Å². The van der Waals surface area contributed by atoms with E-state index in [1.165, 1.54) is 0 Å². The van der Waals surface area contributed by atoms with Gasteiger partial charge in [-0.25, -0.2) is 13.4 Å². The number of nitrogens with one attached hydrogen (secondary N) is 1. The Balaban J connectivity index is 0.00000261. The van der Waals surface area contributed by atoms with Gasteiger partial charge in [-0.3, -0.25) is 4.90 Å². The third-order valence-electron chi connectivity index (χ3n) is 5.40. The van der Waals surface area contributed by atoms with Crippen molar-refractivity contribution in [1.82, 2.24) is 15.1 Å². The van der Waals surface area contributed by atoms with Crippen LogP contribution in [0.5, 0.6) is 0 Å². The highest BCUT2D eigenvalue weighted by Gasteiger charge is 2.32. The fourth-order valence-corrected chi connectivity index (χ4v) is 5.78. The van der Waals surface area contributed by atoms with Gasteiger partial charge < -0.3 is 15.0 Å². The van der Waals surface area contributed by atoms with Crippen LogP contribution in [0, 0.1) is 5.92 Å². The highest BCUT2D eigenvalue weighted by Crippen LogP contribution is 2.19. The lowest BCUT2D eigenvalue weighted by atomic mass is 10.1. The highest BCUT2D eigenvalue weighted by molar-refractivity contribution is 14.0. The fourth-order valence-electron chi connectivity index (χ4n) is 3.92. The van der Waals surface area contributed by atoms with Crippen LogP contribution in [0.3, 0.4) is 0 Å². The summed E-state index contributed by atoms with van der Waals surface area (Å²) in [6, 6.07) is 0.544.